The Morgan fingerprint density at radius 3 is 2.43 bits per heavy atom. The number of allylic oxidation sites excluding steroid dienone is 3. The van der Waals surface area contributed by atoms with Gasteiger partial charge in [0.15, 0.2) is 0 Å². The average Bonchev–Trinajstić information content (AvgIpc) is 2.12. The molecule has 0 aromatic heterocycles. The number of hydrogen-bond acceptors (Lipinski definition) is 3. The number of hydrogen-bond donors (Lipinski definition) is 3. The van der Waals surface area contributed by atoms with Crippen LogP contribution < -0.4 is 11.1 Å². The van der Waals surface area contributed by atoms with E-state index in [0.29, 0.717) is 5.70 Å². The summed E-state index contributed by atoms with van der Waals surface area (Å²) in [5.41, 5.74) is 6.93. The van der Waals surface area contributed by atoms with Crippen molar-refractivity contribution in [3.05, 3.63) is 36.1 Å². The maximum Gasteiger partial charge on any atom is 0.127 e. The Bertz CT molecular complexity index is 242. The van der Waals surface area contributed by atoms with E-state index >= 15 is 0 Å². The number of rotatable bonds is 5. The second kappa shape index (κ2) is 6.40. The van der Waals surface area contributed by atoms with Gasteiger partial charge < -0.3 is 10.8 Å². The van der Waals surface area contributed by atoms with Gasteiger partial charge in [-0.2, -0.15) is 0 Å². The third kappa shape index (κ3) is 5.56. The molecule has 3 heteroatoms. The number of aliphatic hydroxyl groups is 1. The summed E-state index contributed by atoms with van der Waals surface area (Å²) in [6.07, 6.45) is 4.43. The van der Waals surface area contributed by atoms with Crippen molar-refractivity contribution >= 4 is 0 Å². The molecule has 0 amide bonds. The summed E-state index contributed by atoms with van der Waals surface area (Å²) in [5.74, 6) is 0. The quantitative estimate of drug-likeness (QED) is 0.458. The van der Waals surface area contributed by atoms with Gasteiger partial charge >= 0.3 is 0 Å². The van der Waals surface area contributed by atoms with Crippen LogP contribution in [0, 0.1) is 0 Å². The van der Waals surface area contributed by atoms with Crippen LogP contribution in [0.3, 0.4) is 0 Å². The first-order chi connectivity index (χ1) is 6.47. The molecule has 1 unspecified atom stereocenters. The number of aliphatic hydroxyl groups excluding tert-OH is 1. The van der Waals surface area contributed by atoms with Gasteiger partial charge in [-0.05, 0) is 38.5 Å². The second-order valence-corrected chi connectivity index (χ2v) is 3.51. The van der Waals surface area contributed by atoms with Crippen molar-refractivity contribution < 1.29 is 5.11 Å². The van der Waals surface area contributed by atoms with E-state index in [0.717, 1.165) is 5.57 Å². The van der Waals surface area contributed by atoms with Crippen LogP contribution in [0.15, 0.2) is 36.1 Å². The van der Waals surface area contributed by atoms with Crippen molar-refractivity contribution in [2.45, 2.75) is 33.0 Å². The molecule has 0 saturated carbocycles. The molecule has 0 spiro atoms. The van der Waals surface area contributed by atoms with E-state index in [-0.39, 0.29) is 6.04 Å². The first-order valence-corrected chi connectivity index (χ1v) is 4.68. The second-order valence-electron chi connectivity index (χ2n) is 3.51. The minimum atomic E-state index is -0.621. The van der Waals surface area contributed by atoms with E-state index in [2.05, 4.69) is 11.9 Å². The zero-order valence-corrected chi connectivity index (χ0v) is 9.12. The smallest absolute Gasteiger partial charge is 0.127 e. The Morgan fingerprint density at radius 1 is 1.43 bits per heavy atom. The van der Waals surface area contributed by atoms with Gasteiger partial charge in [0.2, 0.25) is 0 Å². The predicted octanol–water partition coefficient (Wildman–Crippen LogP) is 1.28. The van der Waals surface area contributed by atoms with Gasteiger partial charge in [-0.25, -0.2) is 0 Å². The molecular formula is C11H20N2O. The van der Waals surface area contributed by atoms with Crippen LogP contribution in [0.1, 0.15) is 20.8 Å². The molecule has 0 aliphatic carbocycles. The highest BCUT2D eigenvalue weighted by Gasteiger charge is 2.05. The predicted molar refractivity (Wildman–Crippen MR) is 60.5 cm³/mol. The van der Waals surface area contributed by atoms with Gasteiger partial charge in [-0.3, -0.25) is 5.32 Å². The van der Waals surface area contributed by atoms with Crippen LogP contribution in [0.25, 0.3) is 0 Å². The fraction of sp³-hybridized carbons (Fsp3) is 0.455. The lowest BCUT2D eigenvalue weighted by molar-refractivity contribution is 0.162. The van der Waals surface area contributed by atoms with Gasteiger partial charge in [0, 0.05) is 11.7 Å². The van der Waals surface area contributed by atoms with Crippen molar-refractivity contribution in [1.82, 2.24) is 5.32 Å². The molecule has 0 rings (SSSR count). The van der Waals surface area contributed by atoms with Gasteiger partial charge in [0.25, 0.3) is 0 Å². The number of nitrogens with two attached hydrogens (primary N) is 1. The van der Waals surface area contributed by atoms with Crippen LogP contribution in [0.2, 0.25) is 0 Å². The first-order valence-electron chi connectivity index (χ1n) is 4.68. The highest BCUT2D eigenvalue weighted by molar-refractivity contribution is 5.22. The van der Waals surface area contributed by atoms with Crippen molar-refractivity contribution in [2.24, 2.45) is 5.73 Å². The monoisotopic (exact) mass is 196 g/mol. The average molecular weight is 196 g/mol. The van der Waals surface area contributed by atoms with E-state index in [1.807, 2.05) is 20.8 Å². The van der Waals surface area contributed by atoms with Gasteiger partial charge in [0.05, 0.1) is 0 Å². The lowest BCUT2D eigenvalue weighted by atomic mass is 10.2. The molecule has 0 fully saturated rings. The summed E-state index contributed by atoms with van der Waals surface area (Å²) in [5, 5.41) is 12.6. The zero-order valence-electron chi connectivity index (χ0n) is 9.12. The molecule has 0 heterocycles. The largest absolute Gasteiger partial charge is 0.399 e. The molecule has 0 aliphatic heterocycles. The van der Waals surface area contributed by atoms with E-state index in [1.54, 1.807) is 18.2 Å². The number of nitrogens with one attached hydrogen (secondary N) is 1. The molecule has 0 aromatic carbocycles. The standard InChI is InChI=1S/C11H20N2O/c1-5-10(12)7-6-9(4)11(14)13-8(2)3/h5-8,11,13-14H,1,12H2,2-4H3/b9-6+,10-7+. The third-order valence-corrected chi connectivity index (χ3v) is 1.70. The van der Waals surface area contributed by atoms with E-state index in [9.17, 15) is 5.11 Å². The normalized spacial score (nSPS) is 15.8. The maximum atomic E-state index is 9.60. The molecule has 4 N–H and O–H groups in total. The van der Waals surface area contributed by atoms with Crippen molar-refractivity contribution in [3.63, 3.8) is 0 Å². The van der Waals surface area contributed by atoms with Gasteiger partial charge in [-0.15, -0.1) is 0 Å². The zero-order chi connectivity index (χ0) is 11.1. The molecule has 0 bridgehead atoms. The Morgan fingerprint density at radius 2 is 2.00 bits per heavy atom. The minimum Gasteiger partial charge on any atom is -0.399 e. The Labute approximate surface area is 86.0 Å². The topological polar surface area (TPSA) is 58.3 Å². The molecule has 3 nitrogen and oxygen atoms in total. The van der Waals surface area contributed by atoms with E-state index < -0.39 is 6.23 Å². The summed E-state index contributed by atoms with van der Waals surface area (Å²) >= 11 is 0. The summed E-state index contributed by atoms with van der Waals surface area (Å²) in [4.78, 5) is 0. The Kier molecular flexibility index (Phi) is 5.92. The summed E-state index contributed by atoms with van der Waals surface area (Å²) in [6.45, 7) is 9.32. The van der Waals surface area contributed by atoms with Crippen LogP contribution in [-0.2, 0) is 0 Å². The van der Waals surface area contributed by atoms with E-state index in [1.165, 1.54) is 0 Å². The molecule has 0 radical (unpaired) electrons. The van der Waals surface area contributed by atoms with Crippen molar-refractivity contribution in [2.75, 3.05) is 0 Å². The van der Waals surface area contributed by atoms with Gasteiger partial charge in [-0.1, -0.05) is 12.7 Å². The summed E-state index contributed by atoms with van der Waals surface area (Å²) in [7, 11) is 0. The fourth-order valence-electron chi connectivity index (χ4n) is 0.834. The van der Waals surface area contributed by atoms with Gasteiger partial charge in [0.1, 0.15) is 6.23 Å². The van der Waals surface area contributed by atoms with Crippen LogP contribution in [0.4, 0.5) is 0 Å². The lowest BCUT2D eigenvalue weighted by Crippen LogP contribution is -2.35. The maximum absolute atomic E-state index is 9.60. The first kappa shape index (κ1) is 12.9. The van der Waals surface area contributed by atoms with E-state index in [4.69, 9.17) is 5.73 Å². The Hall–Kier alpha value is -1.06. The SMILES string of the molecule is C=C/C(N)=C\C=C(/C)C(O)NC(C)C. The molecular weight excluding hydrogens is 176 g/mol. The summed E-state index contributed by atoms with van der Waals surface area (Å²) in [6, 6.07) is 0.245. The third-order valence-electron chi connectivity index (χ3n) is 1.70. The molecule has 0 aromatic rings. The molecule has 1 atom stereocenters. The summed E-state index contributed by atoms with van der Waals surface area (Å²) < 4.78 is 0. The van der Waals surface area contributed by atoms with Crippen molar-refractivity contribution in [3.8, 4) is 0 Å². The van der Waals surface area contributed by atoms with Crippen LogP contribution in [-0.4, -0.2) is 17.4 Å². The van der Waals surface area contributed by atoms with Crippen LogP contribution >= 0.6 is 0 Å². The molecule has 14 heavy (non-hydrogen) atoms. The molecule has 0 aliphatic rings. The Balaban J connectivity index is 4.30. The molecule has 80 valence electrons. The highest BCUT2D eigenvalue weighted by atomic mass is 16.3. The fourth-order valence-corrected chi connectivity index (χ4v) is 0.834. The van der Waals surface area contributed by atoms with Crippen LogP contribution in [0.5, 0.6) is 0 Å². The van der Waals surface area contributed by atoms with Crippen molar-refractivity contribution in [1.29, 1.82) is 0 Å². The lowest BCUT2D eigenvalue weighted by Gasteiger charge is -2.15. The minimum absolute atomic E-state index is 0.245. The highest BCUT2D eigenvalue weighted by Crippen LogP contribution is 2.00. The molecule has 0 saturated heterocycles.